The maximum Gasteiger partial charge on any atom is 0.334 e. The van der Waals surface area contributed by atoms with Gasteiger partial charge in [-0.05, 0) is 93.1 Å². The van der Waals surface area contributed by atoms with E-state index in [2.05, 4.69) is 141 Å². The number of allylic oxidation sites excluding steroid dienone is 2. The van der Waals surface area contributed by atoms with Crippen LogP contribution in [0.2, 0.25) is 54.4 Å². The van der Waals surface area contributed by atoms with Crippen molar-refractivity contribution >= 4 is 30.9 Å². The highest BCUT2D eigenvalue weighted by atomic mass is 28.4. The second-order valence-electron chi connectivity index (χ2n) is 19.7. The number of ether oxygens (including phenoxy) is 2. The molecule has 284 valence electrons. The predicted molar refractivity (Wildman–Crippen MR) is 215 cm³/mol. The summed E-state index contributed by atoms with van der Waals surface area (Å²) in [6, 6.07) is 0. The normalized spacial score (nSPS) is 30.7. The van der Waals surface area contributed by atoms with Gasteiger partial charge >= 0.3 is 5.97 Å². The van der Waals surface area contributed by atoms with Gasteiger partial charge in [-0.3, -0.25) is 0 Å². The van der Waals surface area contributed by atoms with Crippen molar-refractivity contribution in [1.29, 1.82) is 0 Å². The number of fused-ring (bicyclic) bond motifs is 1. The van der Waals surface area contributed by atoms with Crippen molar-refractivity contribution in [1.82, 2.24) is 0 Å². The Labute approximate surface area is 305 Å². The molecule has 49 heavy (non-hydrogen) atoms. The van der Waals surface area contributed by atoms with Crippen LogP contribution in [0.4, 0.5) is 0 Å². The first kappa shape index (κ1) is 44.3. The fourth-order valence-electron chi connectivity index (χ4n) is 5.44. The van der Waals surface area contributed by atoms with Gasteiger partial charge in [0.15, 0.2) is 25.0 Å². The second kappa shape index (κ2) is 16.5. The monoisotopic (exact) mass is 736 g/mol. The number of esters is 1. The van der Waals surface area contributed by atoms with E-state index in [1.54, 1.807) is 0 Å². The Bertz CT molecular complexity index is 1200. The van der Waals surface area contributed by atoms with Gasteiger partial charge in [-0.25, -0.2) is 4.79 Å². The number of hydrogen-bond acceptors (Lipinski definition) is 6. The molecule has 1 fully saturated rings. The number of hydrogen-bond donors (Lipinski definition) is 0. The molecule has 0 aromatic carbocycles. The summed E-state index contributed by atoms with van der Waals surface area (Å²) in [4.78, 5) is 13.5. The average molecular weight is 737 g/mol. The van der Waals surface area contributed by atoms with E-state index in [9.17, 15) is 4.79 Å². The van der Waals surface area contributed by atoms with Gasteiger partial charge in [0, 0.05) is 24.5 Å². The van der Waals surface area contributed by atoms with E-state index in [1.807, 2.05) is 13.0 Å². The molecule has 2 aliphatic heterocycles. The fraction of sp³-hybridized carbons (Fsp3) is 0.825. The van der Waals surface area contributed by atoms with Crippen molar-refractivity contribution in [2.75, 3.05) is 6.61 Å². The Balaban J connectivity index is 2.49. The Morgan fingerprint density at radius 2 is 1.31 bits per heavy atom. The molecule has 9 heteroatoms. The molecule has 0 spiro atoms. The summed E-state index contributed by atoms with van der Waals surface area (Å²) in [5, 5.41) is 0.296. The molecule has 1 saturated heterocycles. The molecule has 0 saturated carbocycles. The van der Waals surface area contributed by atoms with Gasteiger partial charge in [-0.2, -0.15) is 0 Å². The summed E-state index contributed by atoms with van der Waals surface area (Å²) in [7, 11) is -6.07. The van der Waals surface area contributed by atoms with Gasteiger partial charge in [-0.15, -0.1) is 0 Å². The van der Waals surface area contributed by atoms with Crippen LogP contribution in [0, 0.1) is 11.8 Å². The molecule has 2 aliphatic rings. The van der Waals surface area contributed by atoms with Gasteiger partial charge in [0.2, 0.25) is 0 Å². The number of carbonyl (C=O) groups excluding carboxylic acids is 1. The highest BCUT2D eigenvalue weighted by Gasteiger charge is 2.55. The summed E-state index contributed by atoms with van der Waals surface area (Å²) in [5.41, 5.74) is 1.63. The summed E-state index contributed by atoms with van der Waals surface area (Å²) in [6.45, 7) is 43.4. The van der Waals surface area contributed by atoms with E-state index in [-0.39, 0.29) is 63.4 Å². The molecule has 0 aromatic rings. The van der Waals surface area contributed by atoms with Crippen LogP contribution in [0.25, 0.3) is 0 Å². The Morgan fingerprint density at radius 3 is 1.84 bits per heavy atom. The molecule has 6 nitrogen and oxygen atoms in total. The van der Waals surface area contributed by atoms with Crippen LogP contribution in [-0.4, -0.2) is 68.0 Å². The van der Waals surface area contributed by atoms with Crippen LogP contribution in [0.3, 0.4) is 0 Å². The fourth-order valence-corrected chi connectivity index (χ4v) is 9.23. The maximum atomic E-state index is 13.5. The van der Waals surface area contributed by atoms with Crippen molar-refractivity contribution in [2.24, 2.45) is 11.8 Å². The van der Waals surface area contributed by atoms with Crippen LogP contribution >= 0.6 is 0 Å². The number of rotatable bonds is 9. The quantitative estimate of drug-likeness (QED) is 0.102. The van der Waals surface area contributed by atoms with Gasteiger partial charge < -0.3 is 22.8 Å². The molecule has 0 aliphatic carbocycles. The first-order valence-corrected chi connectivity index (χ1v) is 27.6. The molecular weight excluding hydrogens is 661 g/mol. The number of cyclic esters (lactones) is 1. The highest BCUT2D eigenvalue weighted by molar-refractivity contribution is 6.75. The standard InChI is InChI=1S/C40H76O6Si3/c1-28-26-30(3)34(46-49(18,19)40(11,12)13)36-35(44-36)33(45-48(16,17)39(8,9)10)23-21-20-22-32(43-37(41)31(4)27-28)29(2)24-25-42-47(14,15)38(5,6)7/h20-21,26-27,29-30,32-36H,22-25H2,1-19H3/b21-20+,28-26+,31-27+/t29-,30+,32-,33+,34-,35+,36+/m0/s1. The molecule has 0 N–H and O–H groups in total. The van der Waals surface area contributed by atoms with Crippen molar-refractivity contribution in [3.63, 3.8) is 0 Å². The summed E-state index contributed by atoms with van der Waals surface area (Å²) in [5.74, 6) is -0.0397. The largest absolute Gasteiger partial charge is 0.458 e. The van der Waals surface area contributed by atoms with Crippen molar-refractivity contribution in [3.8, 4) is 0 Å². The summed E-state index contributed by atoms with van der Waals surface area (Å²) >= 11 is 0. The third kappa shape index (κ3) is 12.4. The molecular formula is C40H76O6Si3. The zero-order valence-corrected chi connectivity index (χ0v) is 38.1. The molecule has 0 aromatic heterocycles. The molecule has 7 atom stereocenters. The van der Waals surface area contributed by atoms with Crippen LogP contribution in [0.15, 0.2) is 35.5 Å². The Kier molecular flexibility index (Phi) is 14.9. The van der Waals surface area contributed by atoms with Crippen LogP contribution in [0.5, 0.6) is 0 Å². The number of carbonyl (C=O) groups is 1. The average Bonchev–Trinajstić information content (AvgIpc) is 3.70. The lowest BCUT2D eigenvalue weighted by molar-refractivity contribution is -0.146. The van der Waals surface area contributed by atoms with E-state index in [0.717, 1.165) is 18.4 Å². The third-order valence-electron chi connectivity index (χ3n) is 12.2. The Morgan fingerprint density at radius 1 is 0.796 bits per heavy atom. The lowest BCUT2D eigenvalue weighted by Gasteiger charge is -2.41. The van der Waals surface area contributed by atoms with Gasteiger partial charge in [0.25, 0.3) is 0 Å². The number of epoxide rings is 1. The molecule has 0 radical (unpaired) electrons. The van der Waals surface area contributed by atoms with E-state index >= 15 is 0 Å². The molecule has 0 unspecified atom stereocenters. The smallest absolute Gasteiger partial charge is 0.334 e. The van der Waals surface area contributed by atoms with E-state index in [1.165, 1.54) is 0 Å². The lowest BCUT2D eigenvalue weighted by atomic mass is 9.95. The van der Waals surface area contributed by atoms with Crippen LogP contribution in [-0.2, 0) is 27.5 Å². The molecule has 0 amide bonds. The van der Waals surface area contributed by atoms with Crippen LogP contribution in [0.1, 0.15) is 109 Å². The van der Waals surface area contributed by atoms with Gasteiger partial charge in [-0.1, -0.05) is 100.0 Å². The van der Waals surface area contributed by atoms with E-state index in [4.69, 9.17) is 22.8 Å². The molecule has 2 rings (SSSR count). The van der Waals surface area contributed by atoms with E-state index in [0.29, 0.717) is 18.6 Å². The summed E-state index contributed by atoms with van der Waals surface area (Å²) < 4.78 is 33.6. The van der Waals surface area contributed by atoms with E-state index < -0.39 is 25.0 Å². The van der Waals surface area contributed by atoms with Crippen LogP contribution < -0.4 is 0 Å². The minimum absolute atomic E-state index is 0.0325. The second-order valence-corrected chi connectivity index (χ2v) is 34.0. The summed E-state index contributed by atoms with van der Waals surface area (Å²) in [6.07, 6.45) is 10.3. The SMILES string of the molecule is CC1=C\[C@@H](C)[C@H](O[Si](C)(C)C(C)(C)C)[C@H]2O[C@@H]2[C@H](O[Si](C)(C)C(C)(C)C)C/C=C/C[C@@H]([C@@H](C)CCO[Si](C)(C)C(C)(C)C)OC(=O)\C(C)=C\1. The maximum absolute atomic E-state index is 13.5. The highest BCUT2D eigenvalue weighted by Crippen LogP contribution is 2.45. The third-order valence-corrected chi connectivity index (χ3v) is 25.7. The molecule has 2 heterocycles. The predicted octanol–water partition coefficient (Wildman–Crippen LogP) is 11.4. The van der Waals surface area contributed by atoms with Crippen molar-refractivity contribution in [3.05, 3.63) is 35.5 Å². The minimum atomic E-state index is -2.12. The first-order valence-electron chi connectivity index (χ1n) is 18.9. The van der Waals surface area contributed by atoms with Crippen molar-refractivity contribution < 1.29 is 27.5 Å². The Hall–Kier alpha value is -0.819. The van der Waals surface area contributed by atoms with Crippen molar-refractivity contribution in [2.45, 2.75) is 194 Å². The zero-order chi connectivity index (χ0) is 38.0. The first-order chi connectivity index (χ1) is 22.0. The zero-order valence-electron chi connectivity index (χ0n) is 35.1. The minimum Gasteiger partial charge on any atom is -0.458 e. The molecule has 0 bridgehead atoms. The van der Waals surface area contributed by atoms with Gasteiger partial charge in [0.05, 0.1) is 12.2 Å². The topological polar surface area (TPSA) is 66.5 Å². The lowest BCUT2D eigenvalue weighted by Crippen LogP contribution is -2.48. The van der Waals surface area contributed by atoms with Gasteiger partial charge in [0.1, 0.15) is 18.3 Å².